The Morgan fingerprint density at radius 2 is 1.76 bits per heavy atom. The van der Waals surface area contributed by atoms with Gasteiger partial charge in [0.15, 0.2) is 5.84 Å². The highest BCUT2D eigenvalue weighted by molar-refractivity contribution is 6.36. The zero-order valence-electron chi connectivity index (χ0n) is 10.7. The summed E-state index contributed by atoms with van der Waals surface area (Å²) in [4.78, 5) is 0. The number of nitrogens with zero attached hydrogens (tertiary/aromatic N) is 1. The topological polar surface area (TPSA) is 67.8 Å². The monoisotopic (exact) mass is 344 g/mol. The summed E-state index contributed by atoms with van der Waals surface area (Å²) in [5, 5.41) is 12.9. The molecule has 0 saturated heterocycles. The van der Waals surface area contributed by atoms with E-state index in [0.29, 0.717) is 31.9 Å². The Morgan fingerprint density at radius 3 is 2.33 bits per heavy atom. The van der Waals surface area contributed by atoms with Crippen LogP contribution in [0, 0.1) is 0 Å². The van der Waals surface area contributed by atoms with Crippen molar-refractivity contribution in [2.24, 2.45) is 10.9 Å². The zero-order valence-corrected chi connectivity index (χ0v) is 13.0. The first-order valence-corrected chi connectivity index (χ1v) is 6.99. The van der Waals surface area contributed by atoms with Crippen molar-refractivity contribution in [3.63, 3.8) is 0 Å². The zero-order chi connectivity index (χ0) is 15.4. The van der Waals surface area contributed by atoms with Crippen LogP contribution in [0.15, 0.2) is 41.6 Å². The Morgan fingerprint density at radius 1 is 1.10 bits per heavy atom. The van der Waals surface area contributed by atoms with Gasteiger partial charge in [-0.3, -0.25) is 0 Å². The molecule has 0 aliphatic carbocycles. The number of hydrogen-bond donors (Lipinski definition) is 2. The number of nitrogens with two attached hydrogens (primary N) is 1. The van der Waals surface area contributed by atoms with Crippen LogP contribution in [0.5, 0.6) is 5.75 Å². The van der Waals surface area contributed by atoms with Crippen LogP contribution in [0.25, 0.3) is 0 Å². The molecule has 3 N–H and O–H groups in total. The SMILES string of the molecule is NC(=NO)c1ccc(OCc2c(Cl)cccc2Cl)c(Cl)c1. The van der Waals surface area contributed by atoms with E-state index in [1.807, 2.05) is 0 Å². The van der Waals surface area contributed by atoms with Gasteiger partial charge in [0.1, 0.15) is 12.4 Å². The molecular weight excluding hydrogens is 335 g/mol. The second kappa shape index (κ2) is 6.89. The van der Waals surface area contributed by atoms with Crippen molar-refractivity contribution in [1.82, 2.24) is 0 Å². The van der Waals surface area contributed by atoms with E-state index in [9.17, 15) is 0 Å². The van der Waals surface area contributed by atoms with Crippen molar-refractivity contribution in [2.45, 2.75) is 6.61 Å². The fraction of sp³-hybridized carbons (Fsp3) is 0.0714. The minimum atomic E-state index is -0.0300. The largest absolute Gasteiger partial charge is 0.487 e. The summed E-state index contributed by atoms with van der Waals surface area (Å²) in [6, 6.07) is 10.0. The first kappa shape index (κ1) is 15.8. The van der Waals surface area contributed by atoms with Gasteiger partial charge in [-0.05, 0) is 30.3 Å². The molecule has 7 heteroatoms. The predicted octanol–water partition coefficient (Wildman–Crippen LogP) is 4.32. The Labute approximate surface area is 136 Å². The van der Waals surface area contributed by atoms with E-state index in [1.165, 1.54) is 0 Å². The molecule has 0 heterocycles. The number of rotatable bonds is 4. The van der Waals surface area contributed by atoms with Crippen LogP contribution in [-0.2, 0) is 6.61 Å². The van der Waals surface area contributed by atoms with E-state index in [2.05, 4.69) is 5.16 Å². The van der Waals surface area contributed by atoms with Crippen molar-refractivity contribution in [1.29, 1.82) is 0 Å². The molecule has 2 aromatic rings. The lowest BCUT2D eigenvalue weighted by molar-refractivity contribution is 0.306. The molecule has 0 fully saturated rings. The van der Waals surface area contributed by atoms with Gasteiger partial charge in [-0.25, -0.2) is 0 Å². The van der Waals surface area contributed by atoms with Crippen molar-refractivity contribution >= 4 is 40.6 Å². The molecule has 110 valence electrons. The van der Waals surface area contributed by atoms with Gasteiger partial charge in [-0.15, -0.1) is 0 Å². The molecule has 0 radical (unpaired) electrons. The molecule has 0 aliphatic rings. The molecule has 0 atom stereocenters. The molecule has 0 unspecified atom stereocenters. The average molecular weight is 346 g/mol. The van der Waals surface area contributed by atoms with Gasteiger partial charge < -0.3 is 15.7 Å². The third kappa shape index (κ3) is 3.73. The summed E-state index contributed by atoms with van der Waals surface area (Å²) >= 11 is 18.2. The van der Waals surface area contributed by atoms with Gasteiger partial charge in [0.2, 0.25) is 0 Å². The number of halogens is 3. The second-order valence-corrected chi connectivity index (χ2v) is 5.34. The van der Waals surface area contributed by atoms with Crippen molar-refractivity contribution in [2.75, 3.05) is 0 Å². The fourth-order valence-electron chi connectivity index (χ4n) is 1.66. The molecule has 0 saturated carbocycles. The Bertz CT molecular complexity index is 670. The smallest absolute Gasteiger partial charge is 0.170 e. The molecule has 21 heavy (non-hydrogen) atoms. The van der Waals surface area contributed by atoms with Crippen LogP contribution in [0.3, 0.4) is 0 Å². The normalized spacial score (nSPS) is 11.5. The molecule has 0 spiro atoms. The van der Waals surface area contributed by atoms with Crippen molar-refractivity contribution in [3.05, 3.63) is 62.6 Å². The van der Waals surface area contributed by atoms with Crippen molar-refractivity contribution < 1.29 is 9.94 Å². The Balaban J connectivity index is 2.18. The van der Waals surface area contributed by atoms with Gasteiger partial charge in [0.05, 0.1) is 5.02 Å². The number of oxime groups is 1. The number of benzene rings is 2. The van der Waals surface area contributed by atoms with E-state index in [4.69, 9.17) is 50.5 Å². The third-order valence-electron chi connectivity index (χ3n) is 2.77. The van der Waals surface area contributed by atoms with Crippen LogP contribution in [-0.4, -0.2) is 11.0 Å². The first-order chi connectivity index (χ1) is 10.0. The molecule has 0 bridgehead atoms. The molecular formula is C14H11Cl3N2O2. The van der Waals surface area contributed by atoms with E-state index >= 15 is 0 Å². The maximum Gasteiger partial charge on any atom is 0.170 e. The maximum absolute atomic E-state index is 8.62. The molecule has 0 aromatic heterocycles. The van der Waals surface area contributed by atoms with Crippen LogP contribution in [0.1, 0.15) is 11.1 Å². The van der Waals surface area contributed by atoms with Gasteiger partial charge in [-0.1, -0.05) is 46.0 Å². The van der Waals surface area contributed by atoms with E-state index in [-0.39, 0.29) is 12.4 Å². The number of hydrogen-bond acceptors (Lipinski definition) is 3. The molecule has 0 amide bonds. The highest BCUT2D eigenvalue weighted by Gasteiger charge is 2.09. The minimum Gasteiger partial charge on any atom is -0.487 e. The van der Waals surface area contributed by atoms with Crippen LogP contribution in [0.4, 0.5) is 0 Å². The van der Waals surface area contributed by atoms with Crippen molar-refractivity contribution in [3.8, 4) is 5.75 Å². The van der Waals surface area contributed by atoms with E-state index in [1.54, 1.807) is 36.4 Å². The summed E-state index contributed by atoms with van der Waals surface area (Å²) in [6.07, 6.45) is 0. The van der Waals surface area contributed by atoms with E-state index < -0.39 is 0 Å². The molecule has 2 aromatic carbocycles. The lowest BCUT2D eigenvalue weighted by Crippen LogP contribution is -2.12. The third-order valence-corrected chi connectivity index (χ3v) is 3.77. The van der Waals surface area contributed by atoms with Gasteiger partial charge >= 0.3 is 0 Å². The van der Waals surface area contributed by atoms with Gasteiger partial charge in [0.25, 0.3) is 0 Å². The van der Waals surface area contributed by atoms with Crippen LogP contribution in [0.2, 0.25) is 15.1 Å². The minimum absolute atomic E-state index is 0.0300. The van der Waals surface area contributed by atoms with E-state index in [0.717, 1.165) is 0 Å². The first-order valence-electron chi connectivity index (χ1n) is 5.86. The van der Waals surface area contributed by atoms with Gasteiger partial charge in [0, 0.05) is 21.2 Å². The lowest BCUT2D eigenvalue weighted by Gasteiger charge is -2.11. The maximum atomic E-state index is 8.62. The molecule has 0 aliphatic heterocycles. The summed E-state index contributed by atoms with van der Waals surface area (Å²) in [6.45, 7) is 0.182. The quantitative estimate of drug-likeness (QED) is 0.375. The Hall–Kier alpha value is -1.62. The highest BCUT2D eigenvalue weighted by Crippen LogP contribution is 2.29. The summed E-state index contributed by atoms with van der Waals surface area (Å²) in [5.74, 6) is 0.416. The summed E-state index contributed by atoms with van der Waals surface area (Å²) in [7, 11) is 0. The molecule has 4 nitrogen and oxygen atoms in total. The lowest BCUT2D eigenvalue weighted by atomic mass is 10.2. The standard InChI is InChI=1S/C14H11Cl3N2O2/c15-10-2-1-3-11(16)9(10)7-21-13-5-4-8(6-12(13)17)14(18)19-20/h1-6,20H,7H2,(H2,18,19). The molecule has 2 rings (SSSR count). The highest BCUT2D eigenvalue weighted by atomic mass is 35.5. The number of ether oxygens (including phenoxy) is 1. The summed E-state index contributed by atoms with van der Waals surface area (Å²) < 4.78 is 5.61. The second-order valence-electron chi connectivity index (χ2n) is 4.12. The van der Waals surface area contributed by atoms with Gasteiger partial charge in [-0.2, -0.15) is 0 Å². The Kier molecular flexibility index (Phi) is 5.17. The van der Waals surface area contributed by atoms with Crippen LogP contribution < -0.4 is 10.5 Å². The number of amidine groups is 1. The fourth-order valence-corrected chi connectivity index (χ4v) is 2.40. The summed E-state index contributed by atoms with van der Waals surface area (Å²) in [5.41, 5.74) is 6.65. The van der Waals surface area contributed by atoms with Crippen LogP contribution >= 0.6 is 34.8 Å². The predicted molar refractivity (Wildman–Crippen MR) is 84.8 cm³/mol. The average Bonchev–Trinajstić information content (AvgIpc) is 2.47.